The van der Waals surface area contributed by atoms with Gasteiger partial charge in [0.25, 0.3) is 0 Å². The molecule has 0 rings (SSSR count). The number of amides is 5. The van der Waals surface area contributed by atoms with Crippen molar-refractivity contribution in [3.8, 4) is 0 Å². The van der Waals surface area contributed by atoms with Crippen LogP contribution < -0.4 is 32.3 Å². The van der Waals surface area contributed by atoms with Crippen molar-refractivity contribution in [1.29, 1.82) is 0 Å². The maximum atomic E-state index is 13.4. The van der Waals surface area contributed by atoms with Crippen molar-refractivity contribution in [1.82, 2.24) is 26.6 Å². The van der Waals surface area contributed by atoms with E-state index in [1.807, 2.05) is 5.32 Å². The zero-order valence-electron chi connectivity index (χ0n) is 26.4. The first kappa shape index (κ1) is 42.0. The van der Waals surface area contributed by atoms with Gasteiger partial charge in [-0.1, -0.05) is 34.1 Å². The highest BCUT2D eigenvalue weighted by Gasteiger charge is 2.35. The van der Waals surface area contributed by atoms with Gasteiger partial charge in [-0.05, 0) is 30.3 Å². The Morgan fingerprint density at radius 1 is 0.674 bits per heavy atom. The van der Waals surface area contributed by atoms with E-state index in [0.29, 0.717) is 12.2 Å². The molecule has 0 heterocycles. The van der Waals surface area contributed by atoms with Gasteiger partial charge in [0.15, 0.2) is 0 Å². The lowest BCUT2D eigenvalue weighted by Gasteiger charge is -2.28. The molecule has 0 aromatic heterocycles. The summed E-state index contributed by atoms with van der Waals surface area (Å²) in [6.07, 6.45) is 0.513. The van der Waals surface area contributed by atoms with Gasteiger partial charge in [-0.25, -0.2) is 4.79 Å². The molecule has 0 bridgehead atoms. The normalized spacial score (nSPS) is 15.6. The molecule has 0 unspecified atom stereocenters. The van der Waals surface area contributed by atoms with E-state index in [0.717, 1.165) is 0 Å². The maximum Gasteiger partial charge on any atom is 0.328 e. The molecule has 0 aliphatic rings. The number of nitrogens with one attached hydrogen (secondary N) is 5. The first-order valence-electron chi connectivity index (χ1n) is 14.4. The fraction of sp³-hybridized carbons (Fsp3) is 0.704. The van der Waals surface area contributed by atoms with Gasteiger partial charge in [-0.2, -0.15) is 11.8 Å². The van der Waals surface area contributed by atoms with Crippen molar-refractivity contribution >= 4 is 59.2 Å². The molecule has 19 heteroatoms. The molecule has 0 radical (unpaired) electrons. The Labute approximate surface area is 270 Å². The van der Waals surface area contributed by atoms with Gasteiger partial charge < -0.3 is 52.7 Å². The second-order valence-corrected chi connectivity index (χ2v) is 11.9. The van der Waals surface area contributed by atoms with E-state index in [-0.39, 0.29) is 12.3 Å². The quantitative estimate of drug-likeness (QED) is 0.0554. The lowest BCUT2D eigenvalue weighted by atomic mass is 9.99. The molecule has 0 aliphatic heterocycles. The van der Waals surface area contributed by atoms with Gasteiger partial charge >= 0.3 is 17.9 Å². The molecular weight excluding hydrogens is 632 g/mol. The lowest BCUT2D eigenvalue weighted by Crippen LogP contribution is -2.61. The molecule has 0 aliphatic carbocycles. The van der Waals surface area contributed by atoms with Crippen LogP contribution in [0.5, 0.6) is 0 Å². The number of aliphatic hydroxyl groups is 1. The number of rotatable bonds is 22. The number of hydrogen-bond donors (Lipinski definition) is 10. The molecule has 0 fully saturated rings. The zero-order chi connectivity index (χ0) is 35.7. The summed E-state index contributed by atoms with van der Waals surface area (Å²) in [6.45, 7) is 5.55. The van der Waals surface area contributed by atoms with Gasteiger partial charge in [0.05, 0.1) is 25.5 Å². The Kier molecular flexibility index (Phi) is 19.1. The summed E-state index contributed by atoms with van der Waals surface area (Å²) in [5, 5.41) is 48.1. The van der Waals surface area contributed by atoms with Crippen molar-refractivity contribution in [3.05, 3.63) is 0 Å². The number of nitrogens with two attached hydrogens (primary N) is 1. The topological polar surface area (TPSA) is 304 Å². The van der Waals surface area contributed by atoms with E-state index < -0.39 is 109 Å². The number of aliphatic hydroxyl groups excluding tert-OH is 1. The number of thioether (sulfide) groups is 1. The highest BCUT2D eigenvalue weighted by atomic mass is 32.2. The molecule has 0 saturated carbocycles. The summed E-state index contributed by atoms with van der Waals surface area (Å²) in [4.78, 5) is 98.8. The molecule has 5 amide bonds. The van der Waals surface area contributed by atoms with E-state index >= 15 is 0 Å². The van der Waals surface area contributed by atoms with Crippen molar-refractivity contribution in [2.45, 2.75) is 89.6 Å². The minimum absolute atomic E-state index is 0.0209. The molecule has 11 N–H and O–H groups in total. The lowest BCUT2D eigenvalue weighted by molar-refractivity contribution is -0.144. The molecule has 46 heavy (non-hydrogen) atoms. The summed E-state index contributed by atoms with van der Waals surface area (Å²) in [7, 11) is 0. The molecule has 18 nitrogen and oxygen atoms in total. The Morgan fingerprint density at radius 3 is 1.50 bits per heavy atom. The van der Waals surface area contributed by atoms with E-state index in [4.69, 9.17) is 10.8 Å². The van der Waals surface area contributed by atoms with E-state index in [9.17, 15) is 53.7 Å². The monoisotopic (exact) mass is 678 g/mol. The van der Waals surface area contributed by atoms with Crippen molar-refractivity contribution < 1.29 is 58.8 Å². The third-order valence-corrected chi connectivity index (χ3v) is 7.51. The fourth-order valence-corrected chi connectivity index (χ4v) is 4.30. The first-order chi connectivity index (χ1) is 21.4. The smallest absolute Gasteiger partial charge is 0.328 e. The summed E-state index contributed by atoms with van der Waals surface area (Å²) in [5.41, 5.74) is 5.91. The largest absolute Gasteiger partial charge is 0.481 e. The Bertz CT molecular complexity index is 1110. The van der Waals surface area contributed by atoms with Crippen LogP contribution in [0.15, 0.2) is 0 Å². The van der Waals surface area contributed by atoms with Crippen LogP contribution in [-0.4, -0.2) is 123 Å². The molecule has 262 valence electrons. The second kappa shape index (κ2) is 20.9. The minimum atomic E-state index is -1.79. The molecule has 0 aromatic rings. The predicted molar refractivity (Wildman–Crippen MR) is 164 cm³/mol. The van der Waals surface area contributed by atoms with Crippen LogP contribution in [0.25, 0.3) is 0 Å². The summed E-state index contributed by atoms with van der Waals surface area (Å²) in [5.74, 6) is -9.98. The molecule has 0 spiro atoms. The van der Waals surface area contributed by atoms with Gasteiger partial charge in [-0.15, -0.1) is 0 Å². The van der Waals surface area contributed by atoms with Crippen LogP contribution in [0.3, 0.4) is 0 Å². The van der Waals surface area contributed by atoms with Crippen molar-refractivity contribution in [2.24, 2.45) is 17.6 Å². The number of carbonyl (C=O) groups excluding carboxylic acids is 5. The number of carbonyl (C=O) groups is 8. The van der Waals surface area contributed by atoms with Gasteiger partial charge in [-0.3, -0.25) is 33.6 Å². The molecule has 0 aromatic carbocycles. The Hall–Kier alpha value is -3.97. The van der Waals surface area contributed by atoms with E-state index in [1.54, 1.807) is 20.1 Å². The van der Waals surface area contributed by atoms with Crippen molar-refractivity contribution in [3.63, 3.8) is 0 Å². The molecular formula is C27H46N6O12S. The standard InChI is InChI=1S/C27H46N6O12S/c1-6-13(4)20(28)25(42)30-15(9-18(35)36)23(40)29-14(7-8-46-5)22(39)33-21(12(2)3)26(43)31-16(10-19(37)38)24(41)32-17(11-34)27(44)45/h12-17,20-21,34H,6-11,28H2,1-5H3,(H,29,40)(H,30,42)(H,31,43)(H,32,41)(H,33,39)(H,35,36)(H,37,38)(H,44,45)/t13-,14-,15-,16-,17-,20-,21-/m0/s1. The maximum absolute atomic E-state index is 13.4. The first-order valence-corrected chi connectivity index (χ1v) is 15.8. The van der Waals surface area contributed by atoms with Crippen LogP contribution in [0.4, 0.5) is 0 Å². The summed E-state index contributed by atoms with van der Waals surface area (Å²) in [6, 6.07) is -8.88. The van der Waals surface area contributed by atoms with Crippen molar-refractivity contribution in [2.75, 3.05) is 18.6 Å². The molecule has 7 atom stereocenters. The van der Waals surface area contributed by atoms with Gasteiger partial charge in [0, 0.05) is 0 Å². The third kappa shape index (κ3) is 14.9. The fourth-order valence-electron chi connectivity index (χ4n) is 3.83. The SMILES string of the molecule is CC[C@H](C)[C@H](N)C(=O)N[C@@H](CC(=O)O)C(=O)N[C@@H](CCSC)C(=O)N[C@H](C(=O)N[C@@H](CC(=O)O)C(=O)N[C@@H](CO)C(=O)O)C(C)C. The van der Waals surface area contributed by atoms with Gasteiger partial charge in [0.1, 0.15) is 30.2 Å². The average molecular weight is 679 g/mol. The van der Waals surface area contributed by atoms with Gasteiger partial charge in [0.2, 0.25) is 29.5 Å². The number of aliphatic carboxylic acids is 3. The Balaban J connectivity index is 6.01. The predicted octanol–water partition coefficient (Wildman–Crippen LogP) is -2.78. The van der Waals surface area contributed by atoms with E-state index in [2.05, 4.69) is 21.3 Å². The molecule has 0 saturated heterocycles. The number of carboxylic acids is 3. The van der Waals surface area contributed by atoms with Crippen LogP contribution >= 0.6 is 11.8 Å². The van der Waals surface area contributed by atoms with Crippen LogP contribution in [0.1, 0.15) is 53.4 Å². The summed E-state index contributed by atoms with van der Waals surface area (Å²) >= 11 is 1.32. The van der Waals surface area contributed by atoms with Crippen LogP contribution in [0.2, 0.25) is 0 Å². The number of carboxylic acid groups (broad SMARTS) is 3. The Morgan fingerprint density at radius 2 is 1.11 bits per heavy atom. The minimum Gasteiger partial charge on any atom is -0.481 e. The summed E-state index contributed by atoms with van der Waals surface area (Å²) < 4.78 is 0. The van der Waals surface area contributed by atoms with E-state index in [1.165, 1.54) is 25.6 Å². The van der Waals surface area contributed by atoms with Crippen LogP contribution in [-0.2, 0) is 38.4 Å². The zero-order valence-corrected chi connectivity index (χ0v) is 27.2. The highest BCUT2D eigenvalue weighted by Crippen LogP contribution is 2.09. The second-order valence-electron chi connectivity index (χ2n) is 10.9. The number of hydrogen-bond acceptors (Lipinski definition) is 11. The third-order valence-electron chi connectivity index (χ3n) is 6.87. The highest BCUT2D eigenvalue weighted by molar-refractivity contribution is 7.98. The van der Waals surface area contributed by atoms with Crippen LogP contribution in [0, 0.1) is 11.8 Å². The average Bonchev–Trinajstić information content (AvgIpc) is 2.97.